The number of rotatable bonds is 4. The van der Waals surface area contributed by atoms with Crippen LogP contribution in [0, 0.1) is 6.92 Å². The van der Waals surface area contributed by atoms with Crippen molar-refractivity contribution in [2.75, 3.05) is 11.9 Å². The third kappa shape index (κ3) is 3.18. The Kier molecular flexibility index (Phi) is 4.16. The first-order chi connectivity index (χ1) is 12.6. The number of benzene rings is 2. The lowest BCUT2D eigenvalue weighted by Crippen LogP contribution is -2.34. The van der Waals surface area contributed by atoms with E-state index >= 15 is 0 Å². The maximum Gasteiger partial charge on any atom is 0.260 e. The van der Waals surface area contributed by atoms with Gasteiger partial charge in [0.15, 0.2) is 0 Å². The van der Waals surface area contributed by atoms with Crippen LogP contribution in [0.15, 0.2) is 53.3 Å². The number of aryl methyl sites for hydroxylation is 1. The lowest BCUT2D eigenvalue weighted by Gasteiger charge is -2.17. The molecule has 0 aliphatic carbocycles. The number of anilines is 1. The second-order valence-corrected chi connectivity index (χ2v) is 6.66. The van der Waals surface area contributed by atoms with E-state index in [2.05, 4.69) is 27.4 Å². The van der Waals surface area contributed by atoms with Crippen molar-refractivity contribution in [3.8, 4) is 0 Å². The van der Waals surface area contributed by atoms with Crippen molar-refractivity contribution < 1.29 is 4.79 Å². The quantitative estimate of drug-likeness (QED) is 0.759. The Morgan fingerprint density at radius 1 is 1.15 bits per heavy atom. The summed E-state index contributed by atoms with van der Waals surface area (Å²) in [4.78, 5) is 33.8. The molecule has 1 saturated heterocycles. The smallest absolute Gasteiger partial charge is 0.260 e. The minimum absolute atomic E-state index is 0.0291. The van der Waals surface area contributed by atoms with Gasteiger partial charge in [-0.25, -0.2) is 4.98 Å². The van der Waals surface area contributed by atoms with Crippen LogP contribution in [0.1, 0.15) is 17.5 Å². The van der Waals surface area contributed by atoms with Crippen LogP contribution in [-0.2, 0) is 11.3 Å². The van der Waals surface area contributed by atoms with E-state index in [0.717, 1.165) is 5.56 Å². The van der Waals surface area contributed by atoms with E-state index in [4.69, 9.17) is 0 Å². The normalized spacial score (nSPS) is 17.0. The molecule has 1 fully saturated rings. The molecule has 0 radical (unpaired) electrons. The Balaban J connectivity index is 1.48. The molecule has 0 bridgehead atoms. The summed E-state index contributed by atoms with van der Waals surface area (Å²) in [5, 5.41) is 3.63. The Morgan fingerprint density at radius 3 is 2.73 bits per heavy atom. The molecule has 3 aromatic rings. The molecule has 4 rings (SSSR count). The molecule has 1 amide bonds. The Hall–Kier alpha value is -3.15. The number of carbonyl (C=O) groups is 1. The van der Waals surface area contributed by atoms with Gasteiger partial charge < -0.3 is 10.2 Å². The van der Waals surface area contributed by atoms with Crippen molar-refractivity contribution in [3.63, 3.8) is 0 Å². The van der Waals surface area contributed by atoms with Crippen molar-refractivity contribution in [2.24, 2.45) is 0 Å². The highest BCUT2D eigenvalue weighted by Gasteiger charge is 2.31. The molecule has 6 nitrogen and oxygen atoms in total. The van der Waals surface area contributed by atoms with E-state index in [1.807, 2.05) is 30.0 Å². The predicted octanol–water partition coefficient (Wildman–Crippen LogP) is 2.44. The monoisotopic (exact) mass is 348 g/mol. The molecule has 1 aliphatic heterocycles. The van der Waals surface area contributed by atoms with Gasteiger partial charge >= 0.3 is 0 Å². The maximum absolute atomic E-state index is 12.7. The van der Waals surface area contributed by atoms with Crippen LogP contribution in [0.5, 0.6) is 0 Å². The number of hydrogen-bond donors (Lipinski definition) is 2. The summed E-state index contributed by atoms with van der Waals surface area (Å²) in [6, 6.07) is 15.0. The topological polar surface area (TPSA) is 78.1 Å². The summed E-state index contributed by atoms with van der Waals surface area (Å²) in [5.74, 6) is 0.366. The standard InChI is InChI=1S/C20H20N4O2/c1-13-6-8-14(9-7-13)12-24-11-10-17(19(24)26)22-20-21-16-5-3-2-4-15(16)18(25)23-20/h2-9,17H,10-12H2,1H3,(H2,21,22,23,25). The number of aromatic amines is 1. The Morgan fingerprint density at radius 2 is 1.92 bits per heavy atom. The number of amides is 1. The zero-order valence-electron chi connectivity index (χ0n) is 14.5. The highest BCUT2D eigenvalue weighted by molar-refractivity contribution is 5.86. The zero-order chi connectivity index (χ0) is 18.1. The minimum Gasteiger partial charge on any atom is -0.344 e. The molecule has 1 unspecified atom stereocenters. The van der Waals surface area contributed by atoms with Gasteiger partial charge in [0.05, 0.1) is 10.9 Å². The fraction of sp³-hybridized carbons (Fsp3) is 0.250. The number of nitrogens with zero attached hydrogens (tertiary/aromatic N) is 2. The molecular formula is C20H20N4O2. The number of hydrogen-bond acceptors (Lipinski definition) is 4. The molecule has 0 saturated carbocycles. The van der Waals surface area contributed by atoms with Gasteiger partial charge in [0.25, 0.3) is 5.56 Å². The predicted molar refractivity (Wildman–Crippen MR) is 101 cm³/mol. The fourth-order valence-electron chi connectivity index (χ4n) is 3.26. The van der Waals surface area contributed by atoms with Crippen LogP contribution in [-0.4, -0.2) is 33.4 Å². The minimum atomic E-state index is -0.371. The van der Waals surface area contributed by atoms with Crippen LogP contribution in [0.4, 0.5) is 5.95 Å². The molecule has 132 valence electrons. The summed E-state index contributed by atoms with van der Waals surface area (Å²) >= 11 is 0. The highest BCUT2D eigenvalue weighted by atomic mass is 16.2. The first-order valence-electron chi connectivity index (χ1n) is 8.70. The summed E-state index contributed by atoms with van der Waals surface area (Å²) < 4.78 is 0. The van der Waals surface area contributed by atoms with Crippen LogP contribution in [0.2, 0.25) is 0 Å². The highest BCUT2D eigenvalue weighted by Crippen LogP contribution is 2.18. The van der Waals surface area contributed by atoms with Gasteiger partial charge in [0, 0.05) is 13.1 Å². The van der Waals surface area contributed by atoms with E-state index in [-0.39, 0.29) is 17.5 Å². The zero-order valence-corrected chi connectivity index (χ0v) is 14.5. The van der Waals surface area contributed by atoms with Gasteiger partial charge in [-0.3, -0.25) is 14.6 Å². The second kappa shape index (κ2) is 6.63. The molecule has 26 heavy (non-hydrogen) atoms. The van der Waals surface area contributed by atoms with Crippen molar-refractivity contribution in [1.82, 2.24) is 14.9 Å². The molecule has 2 heterocycles. The van der Waals surface area contributed by atoms with E-state index in [0.29, 0.717) is 36.4 Å². The Bertz CT molecular complexity index is 1010. The van der Waals surface area contributed by atoms with Gasteiger partial charge in [0.2, 0.25) is 11.9 Å². The lowest BCUT2D eigenvalue weighted by atomic mass is 10.1. The lowest BCUT2D eigenvalue weighted by molar-refractivity contribution is -0.128. The number of likely N-dealkylation sites (tertiary alicyclic amines) is 1. The van der Waals surface area contributed by atoms with Gasteiger partial charge in [-0.1, -0.05) is 42.0 Å². The molecule has 2 aromatic carbocycles. The average Bonchev–Trinajstić information content (AvgIpc) is 2.97. The fourth-order valence-corrected chi connectivity index (χ4v) is 3.26. The van der Waals surface area contributed by atoms with Crippen LogP contribution < -0.4 is 10.9 Å². The van der Waals surface area contributed by atoms with Crippen molar-refractivity contribution in [1.29, 1.82) is 0 Å². The number of para-hydroxylation sites is 1. The average molecular weight is 348 g/mol. The van der Waals surface area contributed by atoms with E-state index in [9.17, 15) is 9.59 Å². The first kappa shape index (κ1) is 16.3. The third-order valence-electron chi connectivity index (χ3n) is 4.72. The van der Waals surface area contributed by atoms with Gasteiger partial charge in [0.1, 0.15) is 6.04 Å². The molecule has 6 heteroatoms. The molecule has 1 aromatic heterocycles. The molecule has 1 atom stereocenters. The molecule has 0 spiro atoms. The second-order valence-electron chi connectivity index (χ2n) is 6.66. The number of fused-ring (bicyclic) bond motifs is 1. The largest absolute Gasteiger partial charge is 0.344 e. The van der Waals surface area contributed by atoms with E-state index < -0.39 is 0 Å². The maximum atomic E-state index is 12.7. The van der Waals surface area contributed by atoms with Crippen LogP contribution in [0.25, 0.3) is 10.9 Å². The van der Waals surface area contributed by atoms with Gasteiger partial charge in [-0.2, -0.15) is 0 Å². The Labute approximate surface area is 150 Å². The summed E-state index contributed by atoms with van der Waals surface area (Å²) in [5.41, 5.74) is 2.72. The summed E-state index contributed by atoms with van der Waals surface area (Å²) in [6.45, 7) is 3.32. The van der Waals surface area contributed by atoms with Crippen LogP contribution in [0.3, 0.4) is 0 Å². The molecular weight excluding hydrogens is 328 g/mol. The van der Waals surface area contributed by atoms with Crippen LogP contribution >= 0.6 is 0 Å². The molecule has 1 aliphatic rings. The van der Waals surface area contributed by atoms with E-state index in [1.165, 1.54) is 5.56 Å². The number of carbonyl (C=O) groups excluding carboxylic acids is 1. The number of nitrogens with one attached hydrogen (secondary N) is 2. The van der Waals surface area contributed by atoms with E-state index in [1.54, 1.807) is 18.2 Å². The third-order valence-corrected chi connectivity index (χ3v) is 4.72. The summed E-state index contributed by atoms with van der Waals surface area (Å²) in [7, 11) is 0. The number of aromatic nitrogens is 2. The molecule has 2 N–H and O–H groups in total. The van der Waals surface area contributed by atoms with Gasteiger partial charge in [-0.05, 0) is 31.0 Å². The number of H-pyrrole nitrogens is 1. The van der Waals surface area contributed by atoms with Crippen molar-refractivity contribution in [2.45, 2.75) is 25.9 Å². The van der Waals surface area contributed by atoms with Gasteiger partial charge in [-0.15, -0.1) is 0 Å². The van der Waals surface area contributed by atoms with Crippen molar-refractivity contribution in [3.05, 3.63) is 70.0 Å². The first-order valence-corrected chi connectivity index (χ1v) is 8.70. The summed E-state index contributed by atoms with van der Waals surface area (Å²) in [6.07, 6.45) is 0.682. The SMILES string of the molecule is Cc1ccc(CN2CCC(Nc3nc4ccccc4c(=O)[nH]3)C2=O)cc1. The van der Waals surface area contributed by atoms with Crippen molar-refractivity contribution >= 4 is 22.8 Å².